The van der Waals surface area contributed by atoms with Crippen LogP contribution in [0.25, 0.3) is 11.3 Å². The van der Waals surface area contributed by atoms with Crippen molar-refractivity contribution in [2.45, 2.75) is 33.6 Å². The zero-order valence-electron chi connectivity index (χ0n) is 17.9. The molecule has 3 aromatic rings. The molecule has 154 valence electrons. The molecule has 30 heavy (non-hydrogen) atoms. The zero-order valence-corrected chi connectivity index (χ0v) is 17.9. The number of amides is 1. The van der Waals surface area contributed by atoms with E-state index in [1.54, 1.807) is 6.33 Å². The molecule has 5 heteroatoms. The molecule has 1 fully saturated rings. The van der Waals surface area contributed by atoms with Crippen molar-refractivity contribution in [1.82, 2.24) is 9.97 Å². The summed E-state index contributed by atoms with van der Waals surface area (Å²) in [6, 6.07) is 16.4. The fourth-order valence-corrected chi connectivity index (χ4v) is 3.92. The molecule has 1 saturated heterocycles. The summed E-state index contributed by atoms with van der Waals surface area (Å²) in [6.45, 7) is 7.86. The number of nitrogens with one attached hydrogen (secondary N) is 1. The van der Waals surface area contributed by atoms with Gasteiger partial charge in [-0.05, 0) is 62.9 Å². The molecule has 0 radical (unpaired) electrons. The number of carbonyl (C=O) groups is 1. The normalized spacial score (nSPS) is 14.6. The first-order valence-electron chi connectivity index (χ1n) is 10.5. The Hall–Kier alpha value is -3.21. The van der Waals surface area contributed by atoms with Gasteiger partial charge in [0.25, 0.3) is 0 Å². The smallest absolute Gasteiger partial charge is 0.227 e. The van der Waals surface area contributed by atoms with Gasteiger partial charge in [-0.1, -0.05) is 29.8 Å². The van der Waals surface area contributed by atoms with Gasteiger partial charge in [-0.15, -0.1) is 0 Å². The Morgan fingerprint density at radius 1 is 0.967 bits per heavy atom. The van der Waals surface area contributed by atoms with Crippen LogP contribution < -0.4 is 10.2 Å². The minimum Gasteiger partial charge on any atom is -0.356 e. The standard InChI is InChI=1S/C25H28N4O/c1-17-5-4-6-21(13-17)23-15-24(27-16-26-23)29-11-9-20(10-12-29)25(30)28-22-8-7-18(2)19(3)14-22/h4-8,13-16,20H,9-12H2,1-3H3,(H,28,30). The lowest BCUT2D eigenvalue weighted by molar-refractivity contribution is -0.120. The summed E-state index contributed by atoms with van der Waals surface area (Å²) in [4.78, 5) is 23.9. The van der Waals surface area contributed by atoms with Crippen molar-refractivity contribution in [3.05, 3.63) is 71.5 Å². The van der Waals surface area contributed by atoms with Crippen LogP contribution in [-0.4, -0.2) is 29.0 Å². The van der Waals surface area contributed by atoms with Gasteiger partial charge < -0.3 is 10.2 Å². The number of anilines is 2. The highest BCUT2D eigenvalue weighted by molar-refractivity contribution is 5.92. The van der Waals surface area contributed by atoms with E-state index < -0.39 is 0 Å². The van der Waals surface area contributed by atoms with E-state index in [0.29, 0.717) is 0 Å². The Balaban J connectivity index is 1.39. The third-order valence-corrected chi connectivity index (χ3v) is 5.93. The van der Waals surface area contributed by atoms with E-state index in [1.165, 1.54) is 16.7 Å². The van der Waals surface area contributed by atoms with E-state index in [2.05, 4.69) is 65.2 Å². The lowest BCUT2D eigenvalue weighted by Crippen LogP contribution is -2.38. The van der Waals surface area contributed by atoms with Crippen LogP contribution in [0.4, 0.5) is 11.5 Å². The van der Waals surface area contributed by atoms with Crippen molar-refractivity contribution in [2.24, 2.45) is 5.92 Å². The number of carbonyl (C=O) groups excluding carboxylic acids is 1. The number of aromatic nitrogens is 2. The van der Waals surface area contributed by atoms with Crippen LogP contribution >= 0.6 is 0 Å². The molecule has 2 heterocycles. The second kappa shape index (κ2) is 8.66. The van der Waals surface area contributed by atoms with E-state index in [4.69, 9.17) is 0 Å². The minimum atomic E-state index is 0.0286. The molecule has 0 saturated carbocycles. The summed E-state index contributed by atoms with van der Waals surface area (Å²) in [5.74, 6) is 1.07. The van der Waals surface area contributed by atoms with Gasteiger partial charge in [0.05, 0.1) is 5.69 Å². The molecule has 1 aromatic heterocycles. The molecule has 0 unspecified atom stereocenters. The lowest BCUT2D eigenvalue weighted by atomic mass is 9.95. The Morgan fingerprint density at radius 2 is 1.77 bits per heavy atom. The number of benzene rings is 2. The monoisotopic (exact) mass is 400 g/mol. The Bertz CT molecular complexity index is 1050. The molecular formula is C25H28N4O. The van der Waals surface area contributed by atoms with Crippen molar-refractivity contribution < 1.29 is 4.79 Å². The molecule has 0 atom stereocenters. The number of piperidine rings is 1. The van der Waals surface area contributed by atoms with Crippen molar-refractivity contribution in [1.29, 1.82) is 0 Å². The van der Waals surface area contributed by atoms with Crippen LogP contribution in [0.15, 0.2) is 54.9 Å². The van der Waals surface area contributed by atoms with Crippen LogP contribution in [0.3, 0.4) is 0 Å². The van der Waals surface area contributed by atoms with Gasteiger partial charge in [-0.3, -0.25) is 4.79 Å². The SMILES string of the molecule is Cc1cccc(-c2cc(N3CCC(C(=O)Nc4ccc(C)c(C)c4)CC3)ncn2)c1. The third kappa shape index (κ3) is 4.51. The summed E-state index contributed by atoms with van der Waals surface area (Å²) in [7, 11) is 0. The Kier molecular flexibility index (Phi) is 5.79. The van der Waals surface area contributed by atoms with E-state index >= 15 is 0 Å². The highest BCUT2D eigenvalue weighted by atomic mass is 16.1. The highest BCUT2D eigenvalue weighted by Crippen LogP contribution is 2.26. The molecule has 0 spiro atoms. The van der Waals surface area contributed by atoms with Crippen molar-refractivity contribution in [2.75, 3.05) is 23.3 Å². The maximum Gasteiger partial charge on any atom is 0.227 e. The molecule has 0 aliphatic carbocycles. The molecular weight excluding hydrogens is 372 g/mol. The predicted octanol–water partition coefficient (Wildman–Crippen LogP) is 4.92. The third-order valence-electron chi connectivity index (χ3n) is 5.93. The molecule has 2 aromatic carbocycles. The van der Waals surface area contributed by atoms with E-state index in [0.717, 1.165) is 48.7 Å². The van der Waals surface area contributed by atoms with Gasteiger partial charge in [0, 0.05) is 36.3 Å². The van der Waals surface area contributed by atoms with Gasteiger partial charge >= 0.3 is 0 Å². The van der Waals surface area contributed by atoms with Crippen LogP contribution in [0, 0.1) is 26.7 Å². The fraction of sp³-hybridized carbons (Fsp3) is 0.320. The second-order valence-electron chi connectivity index (χ2n) is 8.18. The quantitative estimate of drug-likeness (QED) is 0.675. The Labute approximate surface area is 178 Å². The average molecular weight is 401 g/mol. The lowest BCUT2D eigenvalue weighted by Gasteiger charge is -2.32. The molecule has 5 nitrogen and oxygen atoms in total. The van der Waals surface area contributed by atoms with E-state index in [9.17, 15) is 4.79 Å². The number of hydrogen-bond acceptors (Lipinski definition) is 4. The fourth-order valence-electron chi connectivity index (χ4n) is 3.92. The molecule has 1 N–H and O–H groups in total. The van der Waals surface area contributed by atoms with Gasteiger partial charge in [-0.25, -0.2) is 9.97 Å². The molecule has 1 aliphatic rings. The predicted molar refractivity (Wildman–Crippen MR) is 122 cm³/mol. The zero-order chi connectivity index (χ0) is 21.1. The highest BCUT2D eigenvalue weighted by Gasteiger charge is 2.26. The van der Waals surface area contributed by atoms with Gasteiger partial charge in [0.15, 0.2) is 0 Å². The van der Waals surface area contributed by atoms with E-state index in [-0.39, 0.29) is 11.8 Å². The molecule has 4 rings (SSSR count). The summed E-state index contributed by atoms with van der Waals surface area (Å²) < 4.78 is 0. The second-order valence-corrected chi connectivity index (χ2v) is 8.18. The van der Waals surface area contributed by atoms with Gasteiger partial charge in [-0.2, -0.15) is 0 Å². The summed E-state index contributed by atoms with van der Waals surface area (Å²) in [6.07, 6.45) is 3.27. The number of hydrogen-bond donors (Lipinski definition) is 1. The number of nitrogens with zero attached hydrogens (tertiary/aromatic N) is 3. The van der Waals surface area contributed by atoms with Crippen LogP contribution in [0.2, 0.25) is 0 Å². The topological polar surface area (TPSA) is 58.1 Å². The first-order valence-corrected chi connectivity index (χ1v) is 10.5. The average Bonchev–Trinajstić information content (AvgIpc) is 2.76. The largest absolute Gasteiger partial charge is 0.356 e. The molecule has 1 amide bonds. The minimum absolute atomic E-state index is 0.0286. The maximum absolute atomic E-state index is 12.7. The summed E-state index contributed by atoms with van der Waals surface area (Å²) >= 11 is 0. The van der Waals surface area contributed by atoms with Crippen molar-refractivity contribution in [3.63, 3.8) is 0 Å². The summed E-state index contributed by atoms with van der Waals surface area (Å²) in [5, 5.41) is 3.09. The van der Waals surface area contributed by atoms with Gasteiger partial charge in [0.2, 0.25) is 5.91 Å². The van der Waals surface area contributed by atoms with Crippen LogP contribution in [-0.2, 0) is 4.79 Å². The number of rotatable bonds is 4. The molecule has 0 bridgehead atoms. The van der Waals surface area contributed by atoms with Crippen LogP contribution in [0.1, 0.15) is 29.5 Å². The maximum atomic E-state index is 12.7. The van der Waals surface area contributed by atoms with Crippen molar-refractivity contribution >= 4 is 17.4 Å². The molecule has 1 aliphatic heterocycles. The first kappa shape index (κ1) is 20.1. The van der Waals surface area contributed by atoms with E-state index in [1.807, 2.05) is 24.3 Å². The van der Waals surface area contributed by atoms with Crippen LogP contribution in [0.5, 0.6) is 0 Å². The van der Waals surface area contributed by atoms with Crippen molar-refractivity contribution in [3.8, 4) is 11.3 Å². The number of aryl methyl sites for hydroxylation is 3. The first-order chi connectivity index (χ1) is 14.5. The van der Waals surface area contributed by atoms with Gasteiger partial charge in [0.1, 0.15) is 12.1 Å². The summed E-state index contributed by atoms with van der Waals surface area (Å²) in [5.41, 5.74) is 6.54. The Morgan fingerprint density at radius 3 is 2.50 bits per heavy atom.